The fraction of sp³-hybridized carbons (Fsp3) is 0.273. The molecule has 2 atom stereocenters. The molecule has 0 bridgehead atoms. The molecular formula is C22H20F4N4O2. The number of carbonyl (C=O) groups is 1. The molecule has 3 aromatic rings. The second kappa shape index (κ2) is 8.52. The Kier molecular flexibility index (Phi) is 5.77. The normalized spacial score (nSPS) is 17.9. The van der Waals surface area contributed by atoms with Crippen molar-refractivity contribution in [3.8, 4) is 5.75 Å². The minimum absolute atomic E-state index is 0.000395. The first kappa shape index (κ1) is 21.7. The molecule has 32 heavy (non-hydrogen) atoms. The summed E-state index contributed by atoms with van der Waals surface area (Å²) in [6, 6.07) is 9.58. The highest BCUT2D eigenvalue weighted by atomic mass is 19.4. The van der Waals surface area contributed by atoms with E-state index in [1.54, 1.807) is 31.4 Å². The maximum atomic E-state index is 13.8. The molecule has 1 amide bonds. The number of ether oxygens (including phenoxy) is 1. The number of aromatic nitrogens is 2. The van der Waals surface area contributed by atoms with E-state index in [9.17, 15) is 22.4 Å². The molecule has 0 spiro atoms. The summed E-state index contributed by atoms with van der Waals surface area (Å²) in [5.74, 6) is -0.407. The van der Waals surface area contributed by atoms with E-state index in [1.807, 2.05) is 0 Å². The van der Waals surface area contributed by atoms with Gasteiger partial charge in [-0.15, -0.1) is 0 Å². The fourth-order valence-electron chi connectivity index (χ4n) is 3.66. The molecule has 0 unspecified atom stereocenters. The van der Waals surface area contributed by atoms with E-state index in [1.165, 1.54) is 24.3 Å². The molecule has 10 heteroatoms. The number of halogens is 4. The molecule has 0 radical (unpaired) electrons. The third kappa shape index (κ3) is 4.39. The zero-order valence-corrected chi connectivity index (χ0v) is 17.0. The van der Waals surface area contributed by atoms with Gasteiger partial charge >= 0.3 is 6.18 Å². The number of carbonyl (C=O) groups excluding carboxylic acids is 1. The Bertz CT molecular complexity index is 1090. The van der Waals surface area contributed by atoms with Gasteiger partial charge in [0.1, 0.15) is 22.9 Å². The molecule has 2 heterocycles. The number of hydrogen-bond acceptors (Lipinski definition) is 4. The first-order chi connectivity index (χ1) is 15.3. The Balaban J connectivity index is 1.58. The largest absolute Gasteiger partial charge is 0.497 e. The lowest BCUT2D eigenvalue weighted by Gasteiger charge is -2.34. The fourth-order valence-corrected chi connectivity index (χ4v) is 3.66. The first-order valence-corrected chi connectivity index (χ1v) is 9.83. The van der Waals surface area contributed by atoms with Crippen molar-refractivity contribution in [2.24, 2.45) is 0 Å². The van der Waals surface area contributed by atoms with Crippen LogP contribution < -0.4 is 15.4 Å². The second-order valence-electron chi connectivity index (χ2n) is 7.42. The summed E-state index contributed by atoms with van der Waals surface area (Å²) >= 11 is 0. The van der Waals surface area contributed by atoms with Crippen LogP contribution in [0.4, 0.5) is 23.4 Å². The number of nitrogens with zero attached hydrogens (tertiary/aromatic N) is 2. The number of rotatable bonds is 5. The Hall–Kier alpha value is -3.56. The number of methoxy groups -OCH3 is 1. The van der Waals surface area contributed by atoms with Gasteiger partial charge in [-0.25, -0.2) is 9.07 Å². The Morgan fingerprint density at radius 3 is 2.50 bits per heavy atom. The number of hydrogen-bond donors (Lipinski definition) is 2. The number of anilines is 1. The molecule has 0 fully saturated rings. The predicted octanol–water partition coefficient (Wildman–Crippen LogP) is 4.62. The Labute approximate surface area is 181 Å². The van der Waals surface area contributed by atoms with Crippen molar-refractivity contribution in [1.29, 1.82) is 0 Å². The van der Waals surface area contributed by atoms with Gasteiger partial charge in [-0.3, -0.25) is 4.79 Å². The quantitative estimate of drug-likeness (QED) is 0.559. The summed E-state index contributed by atoms with van der Waals surface area (Å²) in [5.41, 5.74) is 1.28. The number of fused-ring (bicyclic) bond motifs is 1. The van der Waals surface area contributed by atoms with E-state index >= 15 is 0 Å². The average molecular weight is 448 g/mol. The van der Waals surface area contributed by atoms with Gasteiger partial charge in [-0.2, -0.15) is 18.3 Å². The zero-order chi connectivity index (χ0) is 22.9. The third-order valence-electron chi connectivity index (χ3n) is 5.37. The predicted molar refractivity (Wildman–Crippen MR) is 109 cm³/mol. The second-order valence-corrected chi connectivity index (χ2v) is 7.42. The molecule has 1 aliphatic heterocycles. The SMILES string of the molecule is COc1ccc(CNC(=O)c2cnn3c2N[C@@H](c2ccc(F)cc2)C[C@H]3C(F)(F)F)cc1. The van der Waals surface area contributed by atoms with Crippen LogP contribution in [0.5, 0.6) is 5.75 Å². The lowest BCUT2D eigenvalue weighted by molar-refractivity contribution is -0.173. The number of nitrogens with one attached hydrogen (secondary N) is 2. The number of benzene rings is 2. The van der Waals surface area contributed by atoms with Gasteiger partial charge in [0.2, 0.25) is 0 Å². The van der Waals surface area contributed by atoms with Crippen LogP contribution in [-0.4, -0.2) is 29.0 Å². The third-order valence-corrected chi connectivity index (χ3v) is 5.37. The topological polar surface area (TPSA) is 68.2 Å². The molecule has 0 saturated heterocycles. The van der Waals surface area contributed by atoms with Crippen molar-refractivity contribution in [1.82, 2.24) is 15.1 Å². The lowest BCUT2D eigenvalue weighted by atomic mass is 9.96. The van der Waals surface area contributed by atoms with E-state index < -0.39 is 30.0 Å². The molecule has 0 saturated carbocycles. The standard InChI is InChI=1S/C22H20F4N4O2/c1-32-16-8-2-13(3-9-16)11-27-21(31)17-12-28-30-19(22(24,25)26)10-18(29-20(17)30)14-4-6-15(23)7-5-14/h2-9,12,18-19,29H,10-11H2,1H3,(H,27,31)/t18-,19+/m1/s1. The van der Waals surface area contributed by atoms with Gasteiger partial charge in [0.25, 0.3) is 5.91 Å². The van der Waals surface area contributed by atoms with E-state index in [4.69, 9.17) is 4.74 Å². The van der Waals surface area contributed by atoms with Crippen molar-refractivity contribution in [3.63, 3.8) is 0 Å². The summed E-state index contributed by atoms with van der Waals surface area (Å²) < 4.78 is 60.4. The van der Waals surface area contributed by atoms with Gasteiger partial charge in [0.15, 0.2) is 6.04 Å². The number of alkyl halides is 3. The van der Waals surface area contributed by atoms with Crippen LogP contribution in [0, 0.1) is 5.82 Å². The summed E-state index contributed by atoms with van der Waals surface area (Å²) in [7, 11) is 1.54. The lowest BCUT2D eigenvalue weighted by Crippen LogP contribution is -2.36. The molecule has 4 rings (SSSR count). The van der Waals surface area contributed by atoms with Gasteiger partial charge < -0.3 is 15.4 Å². The van der Waals surface area contributed by atoms with Gasteiger partial charge in [0.05, 0.1) is 19.3 Å². The van der Waals surface area contributed by atoms with Crippen LogP contribution in [0.25, 0.3) is 0 Å². The van der Waals surface area contributed by atoms with Crippen LogP contribution in [0.15, 0.2) is 54.7 Å². The van der Waals surface area contributed by atoms with E-state index in [2.05, 4.69) is 15.7 Å². The minimum Gasteiger partial charge on any atom is -0.497 e. The smallest absolute Gasteiger partial charge is 0.410 e. The molecular weight excluding hydrogens is 428 g/mol. The summed E-state index contributed by atoms with van der Waals surface area (Å²) in [4.78, 5) is 12.8. The minimum atomic E-state index is -4.57. The molecule has 1 aliphatic rings. The van der Waals surface area contributed by atoms with Crippen molar-refractivity contribution in [2.45, 2.75) is 31.2 Å². The molecule has 0 aliphatic carbocycles. The van der Waals surface area contributed by atoms with Crippen molar-refractivity contribution in [3.05, 3.63) is 77.2 Å². The van der Waals surface area contributed by atoms with Crippen molar-refractivity contribution in [2.75, 3.05) is 12.4 Å². The van der Waals surface area contributed by atoms with Gasteiger partial charge in [-0.05, 0) is 35.4 Å². The highest BCUT2D eigenvalue weighted by Gasteiger charge is 2.47. The molecule has 2 N–H and O–H groups in total. The van der Waals surface area contributed by atoms with Crippen molar-refractivity contribution >= 4 is 11.7 Å². The zero-order valence-electron chi connectivity index (χ0n) is 17.0. The highest BCUT2D eigenvalue weighted by Crippen LogP contribution is 2.44. The van der Waals surface area contributed by atoms with Crippen LogP contribution in [0.1, 0.15) is 40.0 Å². The maximum Gasteiger partial charge on any atom is 0.410 e. The monoisotopic (exact) mass is 448 g/mol. The Morgan fingerprint density at radius 2 is 1.88 bits per heavy atom. The summed E-state index contributed by atoms with van der Waals surface area (Å²) in [6.45, 7) is 0.178. The van der Waals surface area contributed by atoms with Gasteiger partial charge in [0, 0.05) is 13.0 Å². The number of amides is 1. The highest BCUT2D eigenvalue weighted by molar-refractivity contribution is 5.98. The molecule has 1 aromatic heterocycles. The van der Waals surface area contributed by atoms with Crippen LogP contribution in [-0.2, 0) is 6.54 Å². The summed E-state index contributed by atoms with van der Waals surface area (Å²) in [5, 5.41) is 9.52. The average Bonchev–Trinajstić information content (AvgIpc) is 3.21. The van der Waals surface area contributed by atoms with Crippen LogP contribution in [0.2, 0.25) is 0 Å². The van der Waals surface area contributed by atoms with Crippen LogP contribution in [0.3, 0.4) is 0 Å². The molecule has 6 nitrogen and oxygen atoms in total. The molecule has 2 aromatic carbocycles. The Morgan fingerprint density at radius 1 is 1.19 bits per heavy atom. The van der Waals surface area contributed by atoms with E-state index in [0.717, 1.165) is 16.4 Å². The molecule has 168 valence electrons. The van der Waals surface area contributed by atoms with E-state index in [-0.39, 0.29) is 24.3 Å². The van der Waals surface area contributed by atoms with E-state index in [0.29, 0.717) is 11.3 Å². The first-order valence-electron chi connectivity index (χ1n) is 9.83. The maximum absolute atomic E-state index is 13.8. The summed E-state index contributed by atoms with van der Waals surface area (Å²) in [6.07, 6.45) is -3.79. The van der Waals surface area contributed by atoms with Crippen LogP contribution >= 0.6 is 0 Å². The van der Waals surface area contributed by atoms with Gasteiger partial charge in [-0.1, -0.05) is 24.3 Å². The van der Waals surface area contributed by atoms with Crippen molar-refractivity contribution < 1.29 is 27.1 Å².